The van der Waals surface area contributed by atoms with Gasteiger partial charge >= 0.3 is 5.76 Å². The summed E-state index contributed by atoms with van der Waals surface area (Å²) in [4.78, 5) is 22.9. The first-order valence-electron chi connectivity index (χ1n) is 7.11. The summed E-state index contributed by atoms with van der Waals surface area (Å²) in [5.74, 6) is -4.99. The van der Waals surface area contributed by atoms with E-state index in [0.29, 0.717) is 10.6 Å². The van der Waals surface area contributed by atoms with Crippen LogP contribution in [0.5, 0.6) is 5.75 Å². The average molecular weight is 382 g/mol. The molecule has 0 spiro atoms. The van der Waals surface area contributed by atoms with Crippen LogP contribution in [0.2, 0.25) is 5.02 Å². The molecule has 26 heavy (non-hydrogen) atoms. The highest BCUT2D eigenvalue weighted by Gasteiger charge is 2.20. The van der Waals surface area contributed by atoms with E-state index < -0.39 is 41.3 Å². The van der Waals surface area contributed by atoms with Crippen LogP contribution in [0, 0.1) is 11.6 Å². The van der Waals surface area contributed by atoms with Crippen molar-refractivity contribution in [1.82, 2.24) is 9.78 Å². The lowest BCUT2D eigenvalue weighted by Gasteiger charge is -2.08. The van der Waals surface area contributed by atoms with Gasteiger partial charge in [-0.05, 0) is 36.4 Å². The van der Waals surface area contributed by atoms with Crippen molar-refractivity contribution >= 4 is 17.5 Å². The molecule has 1 aromatic heterocycles. The molecule has 134 valence electrons. The van der Waals surface area contributed by atoms with Gasteiger partial charge in [0.05, 0.1) is 0 Å². The first kappa shape index (κ1) is 17.6. The van der Waals surface area contributed by atoms with Crippen LogP contribution in [0.1, 0.15) is 10.4 Å². The standard InChI is InChI=1S/C16H10ClF2N3O4/c17-9-3-1-8(2-4-9)15-21-22(16(24)26-15)7-25-11-6-5-10(18)12(13(11)19)14(20)23/h1-6H,7H2,(H2,20,23). The number of primary amides is 1. The van der Waals surface area contributed by atoms with E-state index in [1.807, 2.05) is 0 Å². The summed E-state index contributed by atoms with van der Waals surface area (Å²) in [5.41, 5.74) is 4.49. The minimum Gasteiger partial charge on any atom is -0.468 e. The first-order valence-corrected chi connectivity index (χ1v) is 7.49. The SMILES string of the molecule is NC(=O)c1c(F)ccc(OCn2nc(-c3ccc(Cl)cc3)oc2=O)c1F. The fraction of sp³-hybridized carbons (Fsp3) is 0.0625. The third-order valence-electron chi connectivity index (χ3n) is 3.34. The lowest BCUT2D eigenvalue weighted by atomic mass is 10.2. The molecule has 3 aromatic rings. The topological polar surface area (TPSA) is 100 Å². The predicted octanol–water partition coefficient (Wildman–Crippen LogP) is 2.57. The van der Waals surface area contributed by atoms with Gasteiger partial charge in [0.2, 0.25) is 5.89 Å². The van der Waals surface area contributed by atoms with Gasteiger partial charge in [-0.3, -0.25) is 4.79 Å². The number of rotatable bonds is 5. The van der Waals surface area contributed by atoms with Gasteiger partial charge in [0.25, 0.3) is 5.91 Å². The van der Waals surface area contributed by atoms with E-state index in [0.717, 1.165) is 16.8 Å². The number of ether oxygens (including phenoxy) is 1. The Balaban J connectivity index is 1.83. The number of amides is 1. The van der Waals surface area contributed by atoms with Gasteiger partial charge in [0.1, 0.15) is 11.4 Å². The first-order chi connectivity index (χ1) is 12.4. The molecule has 1 amide bonds. The van der Waals surface area contributed by atoms with Gasteiger partial charge in [0.15, 0.2) is 18.3 Å². The summed E-state index contributed by atoms with van der Waals surface area (Å²) in [6.07, 6.45) is 0. The van der Waals surface area contributed by atoms with Crippen molar-refractivity contribution in [2.75, 3.05) is 0 Å². The van der Waals surface area contributed by atoms with E-state index in [-0.39, 0.29) is 5.89 Å². The van der Waals surface area contributed by atoms with E-state index in [9.17, 15) is 18.4 Å². The summed E-state index contributed by atoms with van der Waals surface area (Å²) < 4.78 is 38.4. The predicted molar refractivity (Wildman–Crippen MR) is 86.7 cm³/mol. The number of halogens is 3. The van der Waals surface area contributed by atoms with Gasteiger partial charge in [-0.2, -0.15) is 4.68 Å². The molecule has 0 aliphatic heterocycles. The Morgan fingerprint density at radius 3 is 2.58 bits per heavy atom. The molecule has 0 fully saturated rings. The van der Waals surface area contributed by atoms with E-state index in [4.69, 9.17) is 26.5 Å². The summed E-state index contributed by atoms with van der Waals surface area (Å²) in [5, 5.41) is 4.41. The van der Waals surface area contributed by atoms with Crippen molar-refractivity contribution in [3.63, 3.8) is 0 Å². The maximum Gasteiger partial charge on any atom is 0.440 e. The molecule has 3 rings (SSSR count). The number of nitrogens with zero attached hydrogens (tertiary/aromatic N) is 2. The Hall–Kier alpha value is -3.20. The summed E-state index contributed by atoms with van der Waals surface area (Å²) in [6, 6.07) is 8.15. The van der Waals surface area contributed by atoms with Crippen molar-refractivity contribution in [3.8, 4) is 17.2 Å². The van der Waals surface area contributed by atoms with Crippen molar-refractivity contribution in [2.24, 2.45) is 5.73 Å². The molecule has 7 nitrogen and oxygen atoms in total. The van der Waals surface area contributed by atoms with Crippen molar-refractivity contribution < 1.29 is 22.7 Å². The molecule has 2 N–H and O–H groups in total. The maximum atomic E-state index is 14.1. The zero-order chi connectivity index (χ0) is 18.8. The quantitative estimate of drug-likeness (QED) is 0.732. The second kappa shape index (κ2) is 6.96. The third-order valence-corrected chi connectivity index (χ3v) is 3.59. The Morgan fingerprint density at radius 2 is 1.92 bits per heavy atom. The second-order valence-corrected chi connectivity index (χ2v) is 5.49. The van der Waals surface area contributed by atoms with Crippen LogP contribution < -0.4 is 16.2 Å². The Bertz CT molecular complexity index is 1030. The summed E-state index contributed by atoms with van der Waals surface area (Å²) in [7, 11) is 0. The number of carbonyl (C=O) groups is 1. The monoisotopic (exact) mass is 381 g/mol. The summed E-state index contributed by atoms with van der Waals surface area (Å²) >= 11 is 5.78. The average Bonchev–Trinajstić information content (AvgIpc) is 2.95. The van der Waals surface area contributed by atoms with Crippen LogP contribution in [0.15, 0.2) is 45.6 Å². The fourth-order valence-corrected chi connectivity index (χ4v) is 2.22. The minimum atomic E-state index is -1.28. The van der Waals surface area contributed by atoms with Crippen LogP contribution in [0.4, 0.5) is 8.78 Å². The number of hydrogen-bond acceptors (Lipinski definition) is 5. The van der Waals surface area contributed by atoms with Gasteiger partial charge in [0, 0.05) is 10.6 Å². The molecule has 0 unspecified atom stereocenters. The Labute approximate surface area is 149 Å². The Kier molecular flexibility index (Phi) is 4.72. The van der Waals surface area contributed by atoms with Gasteiger partial charge < -0.3 is 14.9 Å². The number of aromatic nitrogens is 2. The summed E-state index contributed by atoms with van der Waals surface area (Å²) in [6.45, 7) is -0.531. The van der Waals surface area contributed by atoms with Crippen LogP contribution in [0.3, 0.4) is 0 Å². The maximum absolute atomic E-state index is 14.1. The lowest BCUT2D eigenvalue weighted by Crippen LogP contribution is -2.20. The molecule has 0 saturated heterocycles. The van der Waals surface area contributed by atoms with Crippen LogP contribution in [-0.2, 0) is 6.73 Å². The van der Waals surface area contributed by atoms with Gasteiger partial charge in [-0.1, -0.05) is 11.6 Å². The zero-order valence-electron chi connectivity index (χ0n) is 12.9. The van der Waals surface area contributed by atoms with Crippen LogP contribution >= 0.6 is 11.6 Å². The molecule has 0 radical (unpaired) electrons. The Morgan fingerprint density at radius 1 is 1.23 bits per heavy atom. The van der Waals surface area contributed by atoms with E-state index in [1.54, 1.807) is 24.3 Å². The fourth-order valence-electron chi connectivity index (χ4n) is 2.10. The van der Waals surface area contributed by atoms with E-state index >= 15 is 0 Å². The highest BCUT2D eigenvalue weighted by atomic mass is 35.5. The number of hydrogen-bond donors (Lipinski definition) is 1. The molecule has 0 aliphatic carbocycles. The molecule has 0 aliphatic rings. The third kappa shape index (κ3) is 3.42. The molecule has 0 saturated carbocycles. The lowest BCUT2D eigenvalue weighted by molar-refractivity contribution is 0.0990. The van der Waals surface area contributed by atoms with Crippen molar-refractivity contribution in [2.45, 2.75) is 6.73 Å². The largest absolute Gasteiger partial charge is 0.468 e. The van der Waals surface area contributed by atoms with E-state index in [2.05, 4.69) is 5.10 Å². The molecule has 1 heterocycles. The highest BCUT2D eigenvalue weighted by molar-refractivity contribution is 6.30. The molecular weight excluding hydrogens is 372 g/mol. The molecule has 2 aromatic carbocycles. The highest BCUT2D eigenvalue weighted by Crippen LogP contribution is 2.23. The molecular formula is C16H10ClF2N3O4. The second-order valence-electron chi connectivity index (χ2n) is 5.05. The molecule has 0 atom stereocenters. The van der Waals surface area contributed by atoms with Crippen molar-refractivity contribution in [3.05, 3.63) is 69.2 Å². The number of carbonyl (C=O) groups excluding carboxylic acids is 1. The number of benzene rings is 2. The van der Waals surface area contributed by atoms with Crippen molar-refractivity contribution in [1.29, 1.82) is 0 Å². The van der Waals surface area contributed by atoms with Crippen LogP contribution in [-0.4, -0.2) is 15.7 Å². The normalized spacial score (nSPS) is 10.7. The minimum absolute atomic E-state index is 0.00710. The zero-order valence-corrected chi connectivity index (χ0v) is 13.7. The molecule has 0 bridgehead atoms. The van der Waals surface area contributed by atoms with Crippen LogP contribution in [0.25, 0.3) is 11.5 Å². The van der Waals surface area contributed by atoms with Gasteiger partial charge in [-0.15, -0.1) is 5.10 Å². The molecule has 10 heteroatoms. The number of nitrogens with two attached hydrogens (primary N) is 1. The smallest absolute Gasteiger partial charge is 0.440 e. The van der Waals surface area contributed by atoms with E-state index in [1.165, 1.54) is 0 Å². The van der Waals surface area contributed by atoms with Gasteiger partial charge in [-0.25, -0.2) is 13.6 Å².